The molecule has 0 unspecified atom stereocenters. The van der Waals surface area contributed by atoms with Gasteiger partial charge in [-0.3, -0.25) is 4.98 Å². The first-order valence-electron chi connectivity index (χ1n) is 10.0. The van der Waals surface area contributed by atoms with E-state index < -0.39 is 0 Å². The number of aromatic nitrogens is 1. The van der Waals surface area contributed by atoms with E-state index in [2.05, 4.69) is 42.9 Å². The van der Waals surface area contributed by atoms with Crippen LogP contribution in [0.1, 0.15) is 90.5 Å². The molecule has 1 aromatic rings. The Morgan fingerprint density at radius 2 is 1.39 bits per heavy atom. The minimum Gasteiger partial charge on any atom is -0.371 e. The van der Waals surface area contributed by atoms with E-state index >= 15 is 0 Å². The van der Waals surface area contributed by atoms with Crippen LogP contribution in [0.4, 0.5) is 5.69 Å². The van der Waals surface area contributed by atoms with Gasteiger partial charge in [0, 0.05) is 31.2 Å². The predicted molar refractivity (Wildman–Crippen MR) is 103 cm³/mol. The van der Waals surface area contributed by atoms with Gasteiger partial charge in [-0.05, 0) is 37.3 Å². The van der Waals surface area contributed by atoms with Crippen LogP contribution in [0.25, 0.3) is 0 Å². The molecule has 1 rings (SSSR count). The molecule has 0 aromatic carbocycles. The average Bonchev–Trinajstić information content (AvgIpc) is 2.59. The summed E-state index contributed by atoms with van der Waals surface area (Å²) in [7, 11) is 0. The van der Waals surface area contributed by atoms with Crippen LogP contribution in [0.5, 0.6) is 0 Å². The van der Waals surface area contributed by atoms with Gasteiger partial charge in [0.15, 0.2) is 0 Å². The molecule has 0 aliphatic heterocycles. The van der Waals surface area contributed by atoms with Crippen molar-refractivity contribution in [3.8, 4) is 0 Å². The molecular formula is C21H38N2. The third-order valence-electron chi connectivity index (χ3n) is 4.58. The van der Waals surface area contributed by atoms with Gasteiger partial charge in [0.05, 0.1) is 0 Å². The van der Waals surface area contributed by atoms with Gasteiger partial charge in [-0.1, -0.05) is 65.7 Å². The van der Waals surface area contributed by atoms with Gasteiger partial charge >= 0.3 is 0 Å². The predicted octanol–water partition coefficient (Wildman–Crippen LogP) is 6.39. The highest BCUT2D eigenvalue weighted by atomic mass is 15.1. The number of hydrogen-bond acceptors (Lipinski definition) is 2. The standard InChI is InChI=1S/C21H38N2/c1-4-7-10-11-12-13-14-20-19-22-16-15-21(20)23(17-8-5-2)18-9-6-3/h15-16,19H,4-14,17-18H2,1-3H3. The first-order valence-corrected chi connectivity index (χ1v) is 10.0. The van der Waals surface area contributed by atoms with Crippen molar-refractivity contribution in [2.75, 3.05) is 18.0 Å². The molecule has 0 bridgehead atoms. The van der Waals surface area contributed by atoms with E-state index in [0.717, 1.165) is 0 Å². The lowest BCUT2D eigenvalue weighted by Crippen LogP contribution is -2.26. The lowest BCUT2D eigenvalue weighted by Gasteiger charge is -2.27. The molecule has 0 N–H and O–H groups in total. The summed E-state index contributed by atoms with van der Waals surface area (Å²) in [4.78, 5) is 6.99. The molecule has 1 heterocycles. The molecule has 132 valence electrons. The molecule has 2 heteroatoms. The van der Waals surface area contributed by atoms with Crippen molar-refractivity contribution < 1.29 is 0 Å². The van der Waals surface area contributed by atoms with E-state index in [-0.39, 0.29) is 0 Å². The Bertz CT molecular complexity index is 381. The van der Waals surface area contributed by atoms with Crippen LogP contribution >= 0.6 is 0 Å². The summed E-state index contributed by atoms with van der Waals surface area (Å²) in [5.74, 6) is 0. The highest BCUT2D eigenvalue weighted by molar-refractivity contribution is 5.52. The maximum atomic E-state index is 4.39. The number of unbranched alkanes of at least 4 members (excludes halogenated alkanes) is 7. The Morgan fingerprint density at radius 1 is 0.783 bits per heavy atom. The molecule has 0 aliphatic rings. The second-order valence-electron chi connectivity index (χ2n) is 6.72. The number of rotatable bonds is 14. The lowest BCUT2D eigenvalue weighted by molar-refractivity contribution is 0.605. The smallest absolute Gasteiger partial charge is 0.0429 e. The van der Waals surface area contributed by atoms with Crippen LogP contribution in [-0.4, -0.2) is 18.1 Å². The first-order chi connectivity index (χ1) is 11.3. The zero-order valence-corrected chi connectivity index (χ0v) is 15.8. The summed E-state index contributed by atoms with van der Waals surface area (Å²) >= 11 is 0. The van der Waals surface area contributed by atoms with E-state index in [4.69, 9.17) is 0 Å². The van der Waals surface area contributed by atoms with Crippen molar-refractivity contribution in [2.24, 2.45) is 0 Å². The van der Waals surface area contributed by atoms with Gasteiger partial charge in [0.1, 0.15) is 0 Å². The number of hydrogen-bond donors (Lipinski definition) is 0. The van der Waals surface area contributed by atoms with Gasteiger partial charge in [-0.2, -0.15) is 0 Å². The van der Waals surface area contributed by atoms with Crippen LogP contribution in [0.15, 0.2) is 18.5 Å². The van der Waals surface area contributed by atoms with Crippen LogP contribution in [0, 0.1) is 0 Å². The molecule has 23 heavy (non-hydrogen) atoms. The molecule has 0 fully saturated rings. The largest absolute Gasteiger partial charge is 0.371 e. The molecule has 0 amide bonds. The summed E-state index contributed by atoms with van der Waals surface area (Å²) in [6.45, 7) is 9.21. The number of pyridine rings is 1. The van der Waals surface area contributed by atoms with E-state index in [9.17, 15) is 0 Å². The molecule has 0 spiro atoms. The Morgan fingerprint density at radius 3 is 2.04 bits per heavy atom. The normalized spacial score (nSPS) is 10.9. The maximum absolute atomic E-state index is 4.39. The zero-order chi connectivity index (χ0) is 16.8. The zero-order valence-electron chi connectivity index (χ0n) is 15.8. The third-order valence-corrected chi connectivity index (χ3v) is 4.58. The first kappa shape index (κ1) is 20.0. The highest BCUT2D eigenvalue weighted by Gasteiger charge is 2.10. The average molecular weight is 319 g/mol. The number of aryl methyl sites for hydroxylation is 1. The van der Waals surface area contributed by atoms with Crippen LogP contribution in [0.3, 0.4) is 0 Å². The van der Waals surface area contributed by atoms with Gasteiger partial charge in [-0.15, -0.1) is 0 Å². The van der Waals surface area contributed by atoms with Gasteiger partial charge in [0.2, 0.25) is 0 Å². The fraction of sp³-hybridized carbons (Fsp3) is 0.762. The van der Waals surface area contributed by atoms with Crippen molar-refractivity contribution in [2.45, 2.75) is 91.4 Å². The Balaban J connectivity index is 2.57. The minimum atomic E-state index is 1.18. The molecule has 0 atom stereocenters. The molecule has 1 aromatic heterocycles. The van der Waals surface area contributed by atoms with Crippen molar-refractivity contribution in [3.63, 3.8) is 0 Å². The van der Waals surface area contributed by atoms with Crippen molar-refractivity contribution in [1.29, 1.82) is 0 Å². The fourth-order valence-electron chi connectivity index (χ4n) is 3.07. The topological polar surface area (TPSA) is 16.1 Å². The summed E-state index contributed by atoms with van der Waals surface area (Å²) in [5.41, 5.74) is 2.89. The Kier molecular flexibility index (Phi) is 11.6. The van der Waals surface area contributed by atoms with Crippen molar-refractivity contribution >= 4 is 5.69 Å². The highest BCUT2D eigenvalue weighted by Crippen LogP contribution is 2.23. The quantitative estimate of drug-likeness (QED) is 0.369. The van der Waals surface area contributed by atoms with Gasteiger partial charge in [-0.25, -0.2) is 0 Å². The lowest BCUT2D eigenvalue weighted by atomic mass is 10.0. The maximum Gasteiger partial charge on any atom is 0.0429 e. The Hall–Kier alpha value is -1.05. The summed E-state index contributed by atoms with van der Waals surface area (Å²) in [6.07, 6.45) is 18.5. The van der Waals surface area contributed by atoms with Gasteiger partial charge in [0.25, 0.3) is 0 Å². The second-order valence-corrected chi connectivity index (χ2v) is 6.72. The van der Waals surface area contributed by atoms with E-state index in [1.807, 2.05) is 6.20 Å². The van der Waals surface area contributed by atoms with Crippen molar-refractivity contribution in [3.05, 3.63) is 24.0 Å². The summed E-state index contributed by atoms with van der Waals surface area (Å²) < 4.78 is 0. The van der Waals surface area contributed by atoms with Crippen LogP contribution < -0.4 is 4.90 Å². The molecule has 2 nitrogen and oxygen atoms in total. The summed E-state index contributed by atoms with van der Waals surface area (Å²) in [6, 6.07) is 2.23. The molecule has 0 radical (unpaired) electrons. The van der Waals surface area contributed by atoms with E-state index in [1.54, 1.807) is 0 Å². The number of nitrogens with zero attached hydrogens (tertiary/aromatic N) is 2. The monoisotopic (exact) mass is 318 g/mol. The van der Waals surface area contributed by atoms with Crippen LogP contribution in [0.2, 0.25) is 0 Å². The second kappa shape index (κ2) is 13.4. The molecule has 0 aliphatic carbocycles. The minimum absolute atomic E-state index is 1.18. The fourth-order valence-corrected chi connectivity index (χ4v) is 3.07. The Labute approximate surface area is 144 Å². The molecule has 0 saturated heterocycles. The van der Waals surface area contributed by atoms with E-state index in [1.165, 1.54) is 95.0 Å². The molecule has 0 saturated carbocycles. The third kappa shape index (κ3) is 8.39. The van der Waals surface area contributed by atoms with Crippen molar-refractivity contribution in [1.82, 2.24) is 4.98 Å². The van der Waals surface area contributed by atoms with Crippen LogP contribution in [-0.2, 0) is 6.42 Å². The van der Waals surface area contributed by atoms with Gasteiger partial charge < -0.3 is 4.90 Å². The number of anilines is 1. The summed E-state index contributed by atoms with van der Waals surface area (Å²) in [5, 5.41) is 0. The van der Waals surface area contributed by atoms with E-state index in [0.29, 0.717) is 0 Å². The SMILES string of the molecule is CCCCCCCCc1cnccc1N(CCCC)CCCC. The molecular weight excluding hydrogens is 280 g/mol.